The highest BCUT2D eigenvalue weighted by Gasteiger charge is 2.35. The van der Waals surface area contributed by atoms with Gasteiger partial charge in [-0.25, -0.2) is 8.42 Å². The lowest BCUT2D eigenvalue weighted by atomic mass is 9.97. The van der Waals surface area contributed by atoms with Crippen molar-refractivity contribution >= 4 is 9.84 Å². The summed E-state index contributed by atoms with van der Waals surface area (Å²) in [6, 6.07) is 7.57. The van der Waals surface area contributed by atoms with Gasteiger partial charge in [-0.3, -0.25) is 4.90 Å². The molecule has 0 bridgehead atoms. The summed E-state index contributed by atoms with van der Waals surface area (Å²) in [5, 5.41) is 0. The third kappa shape index (κ3) is 3.56. The zero-order valence-corrected chi connectivity index (χ0v) is 13.6. The van der Waals surface area contributed by atoms with Crippen molar-refractivity contribution in [2.45, 2.75) is 32.0 Å². The van der Waals surface area contributed by atoms with Crippen LogP contribution in [0.1, 0.15) is 25.5 Å². The standard InChI is InChI=1S/C15H24N2O3S/c1-11-10-21(18,19)9-8-17(11)15(12(2)16)13-6-4-5-7-14(13)20-3/h4-7,11-12,15H,8-10,16H2,1-3H3. The molecule has 118 valence electrons. The van der Waals surface area contributed by atoms with Gasteiger partial charge in [-0.2, -0.15) is 0 Å². The molecule has 1 aromatic rings. The van der Waals surface area contributed by atoms with E-state index in [-0.39, 0.29) is 29.6 Å². The molecule has 0 spiro atoms. The molecule has 0 saturated carbocycles. The molecule has 1 aliphatic heterocycles. The Morgan fingerprint density at radius 2 is 2.05 bits per heavy atom. The molecule has 21 heavy (non-hydrogen) atoms. The van der Waals surface area contributed by atoms with Crippen molar-refractivity contribution in [3.05, 3.63) is 29.8 Å². The second kappa shape index (κ2) is 6.34. The first-order valence-corrected chi connectivity index (χ1v) is 9.02. The van der Waals surface area contributed by atoms with Gasteiger partial charge < -0.3 is 10.5 Å². The fourth-order valence-corrected chi connectivity index (χ4v) is 4.68. The van der Waals surface area contributed by atoms with Crippen LogP contribution in [0.5, 0.6) is 5.75 Å². The number of hydrogen-bond donors (Lipinski definition) is 1. The maximum absolute atomic E-state index is 11.8. The first-order chi connectivity index (χ1) is 9.85. The Kier molecular flexibility index (Phi) is 4.91. The van der Waals surface area contributed by atoms with Crippen LogP contribution >= 0.6 is 0 Å². The number of methoxy groups -OCH3 is 1. The lowest BCUT2D eigenvalue weighted by Crippen LogP contribution is -2.52. The van der Waals surface area contributed by atoms with Crippen molar-refractivity contribution in [3.8, 4) is 5.75 Å². The molecular formula is C15H24N2O3S. The number of sulfone groups is 1. The molecule has 3 atom stereocenters. The van der Waals surface area contributed by atoms with Gasteiger partial charge in [0.2, 0.25) is 0 Å². The molecule has 2 N–H and O–H groups in total. The number of benzene rings is 1. The molecule has 5 nitrogen and oxygen atoms in total. The number of ether oxygens (including phenoxy) is 1. The topological polar surface area (TPSA) is 72.6 Å². The Bertz CT molecular complexity index is 586. The number of nitrogens with two attached hydrogens (primary N) is 1. The normalized spacial score (nSPS) is 25.2. The van der Waals surface area contributed by atoms with E-state index in [1.165, 1.54) is 0 Å². The fraction of sp³-hybridized carbons (Fsp3) is 0.600. The molecule has 1 fully saturated rings. The zero-order valence-electron chi connectivity index (χ0n) is 12.8. The second-order valence-electron chi connectivity index (χ2n) is 5.75. The van der Waals surface area contributed by atoms with Crippen molar-refractivity contribution in [1.29, 1.82) is 0 Å². The minimum Gasteiger partial charge on any atom is -0.496 e. The predicted molar refractivity (Wildman–Crippen MR) is 84.2 cm³/mol. The van der Waals surface area contributed by atoms with Crippen LogP contribution in [0.3, 0.4) is 0 Å². The van der Waals surface area contributed by atoms with E-state index in [1.54, 1.807) is 7.11 Å². The number of nitrogens with zero attached hydrogens (tertiary/aromatic N) is 1. The Hall–Kier alpha value is -1.11. The molecule has 1 saturated heterocycles. The smallest absolute Gasteiger partial charge is 0.153 e. The quantitative estimate of drug-likeness (QED) is 0.904. The summed E-state index contributed by atoms with van der Waals surface area (Å²) >= 11 is 0. The van der Waals surface area contributed by atoms with Crippen LogP contribution in [0.4, 0.5) is 0 Å². The van der Waals surface area contributed by atoms with E-state index in [1.807, 2.05) is 38.1 Å². The van der Waals surface area contributed by atoms with Gasteiger partial charge in [-0.15, -0.1) is 0 Å². The van der Waals surface area contributed by atoms with Crippen LogP contribution in [0, 0.1) is 0 Å². The number of para-hydroxylation sites is 1. The molecule has 1 aromatic carbocycles. The van der Waals surface area contributed by atoms with Crippen molar-refractivity contribution < 1.29 is 13.2 Å². The molecule has 0 aliphatic carbocycles. The lowest BCUT2D eigenvalue weighted by Gasteiger charge is -2.41. The van der Waals surface area contributed by atoms with Gasteiger partial charge in [0.1, 0.15) is 5.75 Å². The molecule has 0 amide bonds. The maximum atomic E-state index is 11.8. The second-order valence-corrected chi connectivity index (χ2v) is 7.98. The highest BCUT2D eigenvalue weighted by molar-refractivity contribution is 7.91. The van der Waals surface area contributed by atoms with Crippen molar-refractivity contribution in [2.24, 2.45) is 5.73 Å². The van der Waals surface area contributed by atoms with Crippen LogP contribution in [-0.2, 0) is 9.84 Å². The third-order valence-electron chi connectivity index (χ3n) is 4.03. The predicted octanol–water partition coefficient (Wildman–Crippen LogP) is 1.20. The van der Waals surface area contributed by atoms with Crippen molar-refractivity contribution in [1.82, 2.24) is 4.90 Å². The largest absolute Gasteiger partial charge is 0.496 e. The number of rotatable bonds is 4. The van der Waals surface area contributed by atoms with Gasteiger partial charge >= 0.3 is 0 Å². The molecule has 0 aromatic heterocycles. The Morgan fingerprint density at radius 3 is 2.62 bits per heavy atom. The third-order valence-corrected chi connectivity index (χ3v) is 5.83. The summed E-state index contributed by atoms with van der Waals surface area (Å²) in [5.41, 5.74) is 7.22. The number of hydrogen-bond acceptors (Lipinski definition) is 5. The monoisotopic (exact) mass is 312 g/mol. The van der Waals surface area contributed by atoms with E-state index in [2.05, 4.69) is 4.90 Å². The van der Waals surface area contributed by atoms with Crippen LogP contribution in [0.15, 0.2) is 24.3 Å². The van der Waals surface area contributed by atoms with E-state index >= 15 is 0 Å². The van der Waals surface area contributed by atoms with Crippen LogP contribution < -0.4 is 10.5 Å². The fourth-order valence-electron chi connectivity index (χ4n) is 3.10. The lowest BCUT2D eigenvalue weighted by molar-refractivity contribution is 0.137. The molecule has 3 unspecified atom stereocenters. The Balaban J connectivity index is 2.36. The highest BCUT2D eigenvalue weighted by Crippen LogP contribution is 2.33. The molecule has 1 heterocycles. The average molecular weight is 312 g/mol. The summed E-state index contributed by atoms with van der Waals surface area (Å²) in [6.07, 6.45) is 0. The first kappa shape index (κ1) is 16.3. The van der Waals surface area contributed by atoms with E-state index < -0.39 is 9.84 Å². The molecule has 0 radical (unpaired) electrons. The first-order valence-electron chi connectivity index (χ1n) is 7.20. The molecule has 1 aliphatic rings. The molecule has 6 heteroatoms. The van der Waals surface area contributed by atoms with E-state index in [4.69, 9.17) is 10.5 Å². The van der Waals surface area contributed by atoms with Gasteiger partial charge in [0.15, 0.2) is 9.84 Å². The Labute approximate surface area is 127 Å². The van der Waals surface area contributed by atoms with Crippen molar-refractivity contribution in [3.63, 3.8) is 0 Å². The van der Waals surface area contributed by atoms with Gasteiger partial charge in [-0.05, 0) is 19.9 Å². The van der Waals surface area contributed by atoms with Crippen LogP contribution in [-0.4, -0.2) is 50.6 Å². The maximum Gasteiger partial charge on any atom is 0.153 e. The Morgan fingerprint density at radius 1 is 1.38 bits per heavy atom. The van der Waals surface area contributed by atoms with E-state index in [0.29, 0.717) is 6.54 Å². The highest BCUT2D eigenvalue weighted by atomic mass is 32.2. The van der Waals surface area contributed by atoms with Crippen molar-refractivity contribution in [2.75, 3.05) is 25.2 Å². The minimum atomic E-state index is -2.94. The van der Waals surface area contributed by atoms with Gasteiger partial charge in [0.05, 0.1) is 24.7 Å². The minimum absolute atomic E-state index is 0.0494. The van der Waals surface area contributed by atoms with E-state index in [9.17, 15) is 8.42 Å². The molecule has 2 rings (SSSR count). The molecular weight excluding hydrogens is 288 g/mol. The zero-order chi connectivity index (χ0) is 15.6. The van der Waals surface area contributed by atoms with Crippen LogP contribution in [0.25, 0.3) is 0 Å². The summed E-state index contributed by atoms with van der Waals surface area (Å²) < 4.78 is 29.0. The van der Waals surface area contributed by atoms with Gasteiger partial charge in [0.25, 0.3) is 0 Å². The summed E-state index contributed by atoms with van der Waals surface area (Å²) in [7, 11) is -1.30. The summed E-state index contributed by atoms with van der Waals surface area (Å²) in [4.78, 5) is 2.18. The average Bonchev–Trinajstić information content (AvgIpc) is 2.41. The SMILES string of the molecule is COc1ccccc1C(C(C)N)N1CCS(=O)(=O)CC1C. The van der Waals surface area contributed by atoms with E-state index in [0.717, 1.165) is 11.3 Å². The van der Waals surface area contributed by atoms with Gasteiger partial charge in [0, 0.05) is 24.2 Å². The van der Waals surface area contributed by atoms with Crippen LogP contribution in [0.2, 0.25) is 0 Å². The summed E-state index contributed by atoms with van der Waals surface area (Å²) in [6.45, 7) is 4.40. The summed E-state index contributed by atoms with van der Waals surface area (Å²) in [5.74, 6) is 1.17. The van der Waals surface area contributed by atoms with Gasteiger partial charge in [-0.1, -0.05) is 18.2 Å².